The zero-order valence-electron chi connectivity index (χ0n) is 3.43. The summed E-state index contributed by atoms with van der Waals surface area (Å²) in [5.41, 5.74) is 0. The zero-order chi connectivity index (χ0) is 6.73. The van der Waals surface area contributed by atoms with Crippen molar-refractivity contribution in [2.45, 2.75) is 0 Å². The molecule has 8 heavy (non-hydrogen) atoms. The van der Waals surface area contributed by atoms with Crippen LogP contribution in [0.15, 0.2) is 11.2 Å². The zero-order valence-corrected chi connectivity index (χ0v) is 4.24. The third-order valence-electron chi connectivity index (χ3n) is 0.309. The molecule has 0 saturated carbocycles. The second-order valence-electron chi connectivity index (χ2n) is 0.799. The predicted octanol–water partition coefficient (Wildman–Crippen LogP) is 0.489. The lowest BCUT2D eigenvalue weighted by Crippen LogP contribution is -1.88. The highest BCUT2D eigenvalue weighted by Crippen LogP contribution is 2.06. The van der Waals surface area contributed by atoms with Crippen molar-refractivity contribution < 1.29 is 22.6 Å². The van der Waals surface area contributed by atoms with E-state index in [0.717, 1.165) is 0 Å². The van der Waals surface area contributed by atoms with Crippen LogP contribution >= 0.6 is 0 Å². The molecule has 0 spiro atoms. The van der Waals surface area contributed by atoms with Crippen LogP contribution in [0.5, 0.6) is 0 Å². The summed E-state index contributed by atoms with van der Waals surface area (Å²) in [6, 6.07) is -2.32. The Kier molecular flexibility index (Phi) is 2.56. The first-order chi connectivity index (χ1) is 3.55. The van der Waals surface area contributed by atoms with Gasteiger partial charge in [0.05, 0.1) is 0 Å². The summed E-state index contributed by atoms with van der Waals surface area (Å²) in [6.07, 6.45) is 0. The Morgan fingerprint density at radius 3 is 2.00 bits per heavy atom. The van der Waals surface area contributed by atoms with E-state index in [9.17, 15) is 17.5 Å². The smallest absolute Gasteiger partial charge is 0.315 e. The van der Waals surface area contributed by atoms with Gasteiger partial charge in [-0.2, -0.15) is 8.78 Å². The third kappa shape index (κ3) is 1.99. The van der Waals surface area contributed by atoms with Gasteiger partial charge in [-0.05, 0) is 0 Å². The Balaban J connectivity index is 4.23. The van der Waals surface area contributed by atoms with Gasteiger partial charge in [-0.3, -0.25) is 4.21 Å². The molecule has 0 radical (unpaired) electrons. The minimum absolute atomic E-state index is 2.18. The molecule has 0 rings (SSSR count). The second-order valence-corrected chi connectivity index (χ2v) is 1.63. The normalized spacial score (nSPS) is 17.4. The van der Waals surface area contributed by atoms with E-state index in [0.29, 0.717) is 0 Å². The molecule has 0 aromatic heterocycles. The molecule has 0 bridgehead atoms. The van der Waals surface area contributed by atoms with Crippen molar-refractivity contribution in [1.82, 2.24) is 0 Å². The van der Waals surface area contributed by atoms with E-state index in [4.69, 9.17) is 5.11 Å². The Labute approximate surface area is 45.9 Å². The largest absolute Gasteiger partial charge is 0.767 e. The summed E-state index contributed by atoms with van der Waals surface area (Å²) < 4.78 is 40.9. The van der Waals surface area contributed by atoms with E-state index < -0.39 is 22.3 Å². The summed E-state index contributed by atoms with van der Waals surface area (Å²) in [7, 11) is 0. The average Bonchev–Trinajstić information content (AvgIpc) is 1.64. The molecule has 0 amide bonds. The summed E-state index contributed by atoms with van der Waals surface area (Å²) in [5.74, 6) is 0. The van der Waals surface area contributed by atoms with E-state index in [2.05, 4.69) is 0 Å². The van der Waals surface area contributed by atoms with Gasteiger partial charge in [-0.1, -0.05) is 0 Å². The van der Waals surface area contributed by atoms with Crippen molar-refractivity contribution in [3.8, 4) is 0 Å². The van der Waals surface area contributed by atoms with E-state index in [-0.39, 0.29) is 0 Å². The molecule has 48 valence electrons. The van der Waals surface area contributed by atoms with Gasteiger partial charge in [0.25, 0.3) is 0 Å². The van der Waals surface area contributed by atoms with Gasteiger partial charge in [0.1, 0.15) is 0 Å². The number of hydrogen-bond donors (Lipinski definition) is 1. The molecular formula is C2HF2O3S-. The molecule has 3 nitrogen and oxygen atoms in total. The molecule has 0 aromatic rings. The molecule has 1 unspecified atom stereocenters. The first-order valence-corrected chi connectivity index (χ1v) is 2.46. The van der Waals surface area contributed by atoms with Gasteiger partial charge < -0.3 is 9.66 Å². The number of aliphatic hydroxyl groups is 1. The maximum Gasteiger partial charge on any atom is 0.315 e. The number of hydrogen-bond acceptors (Lipinski definition) is 3. The molecule has 1 atom stereocenters. The van der Waals surface area contributed by atoms with E-state index in [1.165, 1.54) is 0 Å². The van der Waals surface area contributed by atoms with E-state index in [1.807, 2.05) is 0 Å². The van der Waals surface area contributed by atoms with Crippen molar-refractivity contribution in [3.63, 3.8) is 0 Å². The summed E-state index contributed by atoms with van der Waals surface area (Å²) in [6.45, 7) is 0. The highest BCUT2D eigenvalue weighted by molar-refractivity contribution is 7.83. The molecule has 1 N–H and O–H groups in total. The highest BCUT2D eigenvalue weighted by Gasteiger charge is 2.01. The number of rotatable bonds is 1. The SMILES string of the molecule is O=S([O-])C(F)=C(O)F. The van der Waals surface area contributed by atoms with Crippen molar-refractivity contribution in [1.29, 1.82) is 0 Å². The van der Waals surface area contributed by atoms with Crippen LogP contribution in [0.3, 0.4) is 0 Å². The fourth-order valence-corrected chi connectivity index (χ4v) is 0.206. The summed E-state index contributed by atoms with van der Waals surface area (Å²) in [5, 5.41) is 5.26. The lowest BCUT2D eigenvalue weighted by molar-refractivity contribution is 0.266. The first-order valence-electron chi connectivity index (χ1n) is 1.39. The number of aliphatic hydroxyl groups excluding tert-OH is 1. The van der Waals surface area contributed by atoms with Crippen molar-refractivity contribution in [2.24, 2.45) is 0 Å². The number of halogens is 2. The second kappa shape index (κ2) is 2.73. The maximum atomic E-state index is 11.3. The molecule has 6 heteroatoms. The average molecular weight is 143 g/mol. The molecule has 0 aliphatic carbocycles. The molecular weight excluding hydrogens is 142 g/mol. The van der Waals surface area contributed by atoms with Gasteiger partial charge in [-0.25, -0.2) is 0 Å². The quantitative estimate of drug-likeness (QED) is 0.429. The van der Waals surface area contributed by atoms with Crippen LogP contribution in [0.4, 0.5) is 8.78 Å². The molecule has 0 aliphatic heterocycles. The van der Waals surface area contributed by atoms with Gasteiger partial charge in [0, 0.05) is 11.1 Å². The van der Waals surface area contributed by atoms with Crippen LogP contribution in [0.1, 0.15) is 0 Å². The Morgan fingerprint density at radius 1 is 1.62 bits per heavy atom. The fraction of sp³-hybridized carbons (Fsp3) is 0. The first kappa shape index (κ1) is 7.51. The summed E-state index contributed by atoms with van der Waals surface area (Å²) in [4.78, 5) is 0. The monoisotopic (exact) mass is 143 g/mol. The van der Waals surface area contributed by atoms with Crippen LogP contribution in [-0.4, -0.2) is 13.9 Å². The minimum Gasteiger partial charge on any atom is -0.767 e. The van der Waals surface area contributed by atoms with Gasteiger partial charge >= 0.3 is 6.01 Å². The van der Waals surface area contributed by atoms with E-state index >= 15 is 0 Å². The fourth-order valence-electron chi connectivity index (χ4n) is 0.0688. The van der Waals surface area contributed by atoms with Gasteiger partial charge in [-0.15, -0.1) is 0 Å². The minimum atomic E-state index is -3.30. The molecule has 0 saturated heterocycles. The lowest BCUT2D eigenvalue weighted by Gasteiger charge is -1.97. The van der Waals surface area contributed by atoms with Crippen LogP contribution in [-0.2, 0) is 11.1 Å². The molecule has 0 aliphatic rings. The third-order valence-corrected chi connectivity index (χ3v) is 0.770. The van der Waals surface area contributed by atoms with Crippen LogP contribution in [0.25, 0.3) is 0 Å². The van der Waals surface area contributed by atoms with Crippen LogP contribution < -0.4 is 0 Å². The maximum absolute atomic E-state index is 11.3. The predicted molar refractivity (Wildman–Crippen MR) is 20.8 cm³/mol. The molecule has 0 heterocycles. The van der Waals surface area contributed by atoms with E-state index in [1.54, 1.807) is 0 Å². The van der Waals surface area contributed by atoms with Crippen LogP contribution in [0, 0.1) is 0 Å². The van der Waals surface area contributed by atoms with Crippen molar-refractivity contribution in [2.75, 3.05) is 0 Å². The van der Waals surface area contributed by atoms with Crippen molar-refractivity contribution in [3.05, 3.63) is 11.2 Å². The Morgan fingerprint density at radius 2 is 2.00 bits per heavy atom. The topological polar surface area (TPSA) is 60.4 Å². The van der Waals surface area contributed by atoms with Gasteiger partial charge in [0.2, 0.25) is 5.16 Å². The van der Waals surface area contributed by atoms with Crippen molar-refractivity contribution >= 4 is 11.1 Å². The Bertz CT molecular complexity index is 138. The molecule has 0 aromatic carbocycles. The highest BCUT2D eigenvalue weighted by atomic mass is 32.2. The summed E-state index contributed by atoms with van der Waals surface area (Å²) >= 11 is -3.30. The lowest BCUT2D eigenvalue weighted by atomic mass is 11.0. The van der Waals surface area contributed by atoms with Gasteiger partial charge in [0.15, 0.2) is 0 Å². The van der Waals surface area contributed by atoms with Crippen LogP contribution in [0.2, 0.25) is 0 Å². The Hall–Kier alpha value is -0.490. The molecule has 0 fully saturated rings. The standard InChI is InChI=1S/C2H2F2O3S/c3-1(5)2(4)8(6)7/h5H,(H,6,7)/p-1.